The molecule has 0 saturated carbocycles. The van der Waals surface area contributed by atoms with Gasteiger partial charge in [-0.15, -0.1) is 0 Å². The normalized spacial score (nSPS) is 24.0. The van der Waals surface area contributed by atoms with Gasteiger partial charge in [0.15, 0.2) is 0 Å². The highest BCUT2D eigenvalue weighted by Gasteiger charge is 1.70. The molecule has 1 aliphatic rings. The predicted molar refractivity (Wildman–Crippen MR) is 41.2 cm³/mol. The third-order valence-electron chi connectivity index (χ3n) is 1.10. The van der Waals surface area contributed by atoms with E-state index in [0.29, 0.717) is 0 Å². The van der Waals surface area contributed by atoms with Crippen LogP contribution in [0.25, 0.3) is 0 Å². The van der Waals surface area contributed by atoms with Gasteiger partial charge in [-0.05, 0) is 6.42 Å². The maximum atomic E-state index is 2.12. The summed E-state index contributed by atoms with van der Waals surface area (Å²) in [6, 6.07) is 0. The molecule has 0 aliphatic heterocycles. The van der Waals surface area contributed by atoms with Gasteiger partial charge in [-0.25, -0.2) is 0 Å². The largest absolute Gasteiger partial charge is 0.0807 e. The number of allylic oxidation sites excluding steroid dienone is 8. The van der Waals surface area contributed by atoms with Crippen molar-refractivity contribution in [3.63, 3.8) is 0 Å². The van der Waals surface area contributed by atoms with E-state index < -0.39 is 0 Å². The Balaban J connectivity index is 2.60. The molecule has 0 amide bonds. The SMILES string of the molecule is C1=C/C=C/C=C\CC=C1. The standard InChI is InChI=1S/C9H10/c1-2-4-6-8-9-7-5-3-1/h1-8H,9H2/b3-1+,4-2?,7-5-,8-6?. The van der Waals surface area contributed by atoms with Crippen molar-refractivity contribution in [1.29, 1.82) is 0 Å². The second-order valence-corrected chi connectivity index (χ2v) is 1.86. The highest BCUT2D eigenvalue weighted by molar-refractivity contribution is 5.18. The average molecular weight is 118 g/mol. The quantitative estimate of drug-likeness (QED) is 0.458. The molecule has 1 rings (SSSR count). The topological polar surface area (TPSA) is 0 Å². The van der Waals surface area contributed by atoms with Crippen molar-refractivity contribution in [2.24, 2.45) is 0 Å². The minimum atomic E-state index is 1.04. The van der Waals surface area contributed by atoms with Crippen molar-refractivity contribution >= 4 is 0 Å². The molecule has 0 aromatic carbocycles. The number of hydrogen-bond acceptors (Lipinski definition) is 0. The average Bonchev–Trinajstić information content (AvgIpc) is 2.00. The molecule has 0 spiro atoms. The lowest BCUT2D eigenvalue weighted by atomic mass is 10.3. The van der Waals surface area contributed by atoms with Gasteiger partial charge in [0.05, 0.1) is 0 Å². The number of hydrogen-bond donors (Lipinski definition) is 0. The second kappa shape index (κ2) is 3.90. The molecule has 0 nitrogen and oxygen atoms in total. The zero-order chi connectivity index (χ0) is 6.36. The van der Waals surface area contributed by atoms with Crippen LogP contribution in [0.3, 0.4) is 0 Å². The highest BCUT2D eigenvalue weighted by Crippen LogP contribution is 1.91. The van der Waals surface area contributed by atoms with Crippen LogP contribution >= 0.6 is 0 Å². The monoisotopic (exact) mass is 118 g/mol. The zero-order valence-corrected chi connectivity index (χ0v) is 5.33. The Bertz CT molecular complexity index is 148. The van der Waals surface area contributed by atoms with Crippen LogP contribution < -0.4 is 0 Å². The summed E-state index contributed by atoms with van der Waals surface area (Å²) in [7, 11) is 0. The maximum Gasteiger partial charge on any atom is -0.0163 e. The van der Waals surface area contributed by atoms with Gasteiger partial charge in [-0.1, -0.05) is 48.6 Å². The molecule has 0 aromatic heterocycles. The Morgan fingerprint density at radius 2 is 1.00 bits per heavy atom. The van der Waals surface area contributed by atoms with E-state index >= 15 is 0 Å². The van der Waals surface area contributed by atoms with E-state index in [2.05, 4.69) is 24.3 Å². The number of rotatable bonds is 0. The molecule has 1 aliphatic carbocycles. The molecular formula is C9H10. The van der Waals surface area contributed by atoms with Crippen molar-refractivity contribution in [1.82, 2.24) is 0 Å². The fourth-order valence-corrected chi connectivity index (χ4v) is 0.649. The Kier molecular flexibility index (Phi) is 2.64. The van der Waals surface area contributed by atoms with Crippen LogP contribution in [-0.2, 0) is 0 Å². The van der Waals surface area contributed by atoms with Crippen LogP contribution in [0.4, 0.5) is 0 Å². The molecule has 0 radical (unpaired) electrons. The first-order valence-electron chi connectivity index (χ1n) is 3.15. The van der Waals surface area contributed by atoms with Crippen molar-refractivity contribution in [2.45, 2.75) is 6.42 Å². The van der Waals surface area contributed by atoms with E-state index in [1.807, 2.05) is 24.3 Å². The third kappa shape index (κ3) is 2.70. The molecule has 0 aromatic rings. The molecule has 0 atom stereocenters. The van der Waals surface area contributed by atoms with Gasteiger partial charge in [0.2, 0.25) is 0 Å². The molecule has 46 valence electrons. The summed E-state index contributed by atoms with van der Waals surface area (Å²) < 4.78 is 0. The molecule has 0 N–H and O–H groups in total. The first-order chi connectivity index (χ1) is 4.50. The van der Waals surface area contributed by atoms with E-state index in [1.165, 1.54) is 0 Å². The van der Waals surface area contributed by atoms with E-state index in [-0.39, 0.29) is 0 Å². The summed E-state index contributed by atoms with van der Waals surface area (Å²) in [6.07, 6.45) is 17.5. The van der Waals surface area contributed by atoms with Gasteiger partial charge < -0.3 is 0 Å². The Labute approximate surface area is 55.9 Å². The van der Waals surface area contributed by atoms with Gasteiger partial charge in [0.25, 0.3) is 0 Å². The fourth-order valence-electron chi connectivity index (χ4n) is 0.649. The lowest BCUT2D eigenvalue weighted by Crippen LogP contribution is -1.53. The molecule has 0 heteroatoms. The van der Waals surface area contributed by atoms with Crippen molar-refractivity contribution < 1.29 is 0 Å². The van der Waals surface area contributed by atoms with E-state index in [0.717, 1.165) is 6.42 Å². The van der Waals surface area contributed by atoms with E-state index in [4.69, 9.17) is 0 Å². The first-order valence-corrected chi connectivity index (χ1v) is 3.15. The Hall–Kier alpha value is -1.04. The lowest BCUT2D eigenvalue weighted by Gasteiger charge is -1.74. The minimum Gasteiger partial charge on any atom is -0.0807 e. The van der Waals surface area contributed by atoms with Crippen LogP contribution in [-0.4, -0.2) is 0 Å². The van der Waals surface area contributed by atoms with Crippen molar-refractivity contribution in [3.05, 3.63) is 48.6 Å². The second-order valence-electron chi connectivity index (χ2n) is 1.86. The smallest absolute Gasteiger partial charge is 0.0163 e. The summed E-state index contributed by atoms with van der Waals surface area (Å²) in [6.45, 7) is 0. The molecule has 0 unspecified atom stereocenters. The van der Waals surface area contributed by atoms with E-state index in [1.54, 1.807) is 0 Å². The lowest BCUT2D eigenvalue weighted by molar-refractivity contribution is 1.40. The van der Waals surface area contributed by atoms with E-state index in [9.17, 15) is 0 Å². The summed E-state index contributed by atoms with van der Waals surface area (Å²) in [5.74, 6) is 0. The van der Waals surface area contributed by atoms with Gasteiger partial charge in [0, 0.05) is 0 Å². The highest BCUT2D eigenvalue weighted by atomic mass is 13.8. The summed E-state index contributed by atoms with van der Waals surface area (Å²) in [5.41, 5.74) is 0. The molecular weight excluding hydrogens is 108 g/mol. The predicted octanol–water partition coefficient (Wildman–Crippen LogP) is 2.61. The molecule has 0 heterocycles. The minimum absolute atomic E-state index is 1.04. The summed E-state index contributed by atoms with van der Waals surface area (Å²) in [4.78, 5) is 0. The Morgan fingerprint density at radius 3 is 1.56 bits per heavy atom. The van der Waals surface area contributed by atoms with Crippen LogP contribution in [0.5, 0.6) is 0 Å². The molecule has 0 bridgehead atoms. The Morgan fingerprint density at radius 1 is 0.556 bits per heavy atom. The van der Waals surface area contributed by atoms with Gasteiger partial charge in [-0.3, -0.25) is 0 Å². The van der Waals surface area contributed by atoms with Crippen LogP contribution in [0.15, 0.2) is 48.6 Å². The van der Waals surface area contributed by atoms with Gasteiger partial charge in [0.1, 0.15) is 0 Å². The van der Waals surface area contributed by atoms with Crippen LogP contribution in [0, 0.1) is 0 Å². The zero-order valence-electron chi connectivity index (χ0n) is 5.33. The molecule has 0 fully saturated rings. The maximum absolute atomic E-state index is 2.12. The van der Waals surface area contributed by atoms with Crippen molar-refractivity contribution in [2.75, 3.05) is 0 Å². The van der Waals surface area contributed by atoms with Crippen LogP contribution in [0.1, 0.15) is 6.42 Å². The van der Waals surface area contributed by atoms with Crippen LogP contribution in [0.2, 0.25) is 0 Å². The third-order valence-corrected chi connectivity index (χ3v) is 1.10. The van der Waals surface area contributed by atoms with Gasteiger partial charge >= 0.3 is 0 Å². The van der Waals surface area contributed by atoms with Gasteiger partial charge in [-0.2, -0.15) is 0 Å². The van der Waals surface area contributed by atoms with Crippen molar-refractivity contribution in [3.8, 4) is 0 Å². The molecule has 9 heavy (non-hydrogen) atoms. The fraction of sp³-hybridized carbons (Fsp3) is 0.111. The first kappa shape index (κ1) is 6.09. The molecule has 0 saturated heterocycles. The summed E-state index contributed by atoms with van der Waals surface area (Å²) >= 11 is 0. The summed E-state index contributed by atoms with van der Waals surface area (Å²) in [5, 5.41) is 0.